The maximum absolute atomic E-state index is 12.4. The van der Waals surface area contributed by atoms with Gasteiger partial charge in [0.1, 0.15) is 11.6 Å². The zero-order valence-electron chi connectivity index (χ0n) is 13.8. The molecule has 26 heavy (non-hydrogen) atoms. The van der Waals surface area contributed by atoms with Crippen molar-refractivity contribution in [3.8, 4) is 17.3 Å². The van der Waals surface area contributed by atoms with Gasteiger partial charge in [-0.2, -0.15) is 5.26 Å². The van der Waals surface area contributed by atoms with E-state index in [9.17, 15) is 9.59 Å². The molecule has 1 heterocycles. The lowest BCUT2D eigenvalue weighted by Crippen LogP contribution is -2.23. The molecule has 0 saturated carbocycles. The number of carbonyl (C=O) groups excluding carboxylic acids is 1. The van der Waals surface area contributed by atoms with E-state index in [1.807, 2.05) is 37.3 Å². The first-order valence-corrected chi connectivity index (χ1v) is 8.17. The summed E-state index contributed by atoms with van der Waals surface area (Å²) < 4.78 is 0. The molecule has 0 bridgehead atoms. The number of pyridine rings is 1. The van der Waals surface area contributed by atoms with Crippen molar-refractivity contribution in [2.75, 3.05) is 5.32 Å². The van der Waals surface area contributed by atoms with Gasteiger partial charge in [0.25, 0.3) is 11.5 Å². The number of hydrogen-bond donors (Lipinski definition) is 2. The quantitative estimate of drug-likeness (QED) is 0.733. The highest BCUT2D eigenvalue weighted by Crippen LogP contribution is 2.21. The third kappa shape index (κ3) is 3.66. The molecule has 0 saturated heterocycles. The molecule has 0 radical (unpaired) electrons. The molecule has 2 aromatic carbocycles. The maximum Gasteiger partial charge on any atom is 0.261 e. The van der Waals surface area contributed by atoms with E-state index in [0.29, 0.717) is 16.4 Å². The number of nitriles is 1. The number of hydrogen-bond acceptors (Lipinski definition) is 3. The van der Waals surface area contributed by atoms with E-state index in [1.165, 1.54) is 18.2 Å². The summed E-state index contributed by atoms with van der Waals surface area (Å²) in [5.74, 6) is -0.597. The lowest BCUT2D eigenvalue weighted by atomic mass is 10.1. The van der Waals surface area contributed by atoms with E-state index in [1.54, 1.807) is 12.1 Å². The van der Waals surface area contributed by atoms with Crippen LogP contribution < -0.4 is 10.9 Å². The number of anilines is 1. The molecule has 2 N–H and O–H groups in total. The van der Waals surface area contributed by atoms with Gasteiger partial charge in [-0.05, 0) is 42.8 Å². The van der Waals surface area contributed by atoms with Crippen LogP contribution in [0.1, 0.15) is 21.5 Å². The van der Waals surface area contributed by atoms with Crippen LogP contribution in [0.3, 0.4) is 0 Å². The van der Waals surface area contributed by atoms with Gasteiger partial charge < -0.3 is 10.3 Å². The summed E-state index contributed by atoms with van der Waals surface area (Å²) in [4.78, 5) is 27.4. The standard InChI is InChI=1S/C20H14ClN3O2/c1-12-2-4-13(5-3-12)17-9-7-16(19(25)23-17)20(26)24-18-8-6-15(21)10-14(18)11-22/h2-10H,1H3,(H,23,25)(H,24,26). The lowest BCUT2D eigenvalue weighted by Gasteiger charge is -2.08. The average Bonchev–Trinajstić information content (AvgIpc) is 2.63. The normalized spacial score (nSPS) is 10.2. The van der Waals surface area contributed by atoms with Crippen LogP contribution in [0.25, 0.3) is 11.3 Å². The predicted molar refractivity (Wildman–Crippen MR) is 101 cm³/mol. The molecule has 6 heteroatoms. The molecule has 0 fully saturated rings. The molecule has 5 nitrogen and oxygen atoms in total. The fourth-order valence-corrected chi connectivity index (χ4v) is 2.63. The van der Waals surface area contributed by atoms with Crippen LogP contribution in [-0.2, 0) is 0 Å². The molecule has 1 amide bonds. The van der Waals surface area contributed by atoms with Crippen molar-refractivity contribution in [2.24, 2.45) is 0 Å². The van der Waals surface area contributed by atoms with Gasteiger partial charge in [0.05, 0.1) is 11.3 Å². The van der Waals surface area contributed by atoms with Crippen LogP contribution in [0.4, 0.5) is 5.69 Å². The number of aryl methyl sites for hydroxylation is 1. The van der Waals surface area contributed by atoms with Crippen molar-refractivity contribution in [1.82, 2.24) is 4.98 Å². The largest absolute Gasteiger partial charge is 0.321 e. The van der Waals surface area contributed by atoms with E-state index < -0.39 is 11.5 Å². The molecule has 0 aliphatic heterocycles. The number of rotatable bonds is 3. The van der Waals surface area contributed by atoms with E-state index in [4.69, 9.17) is 16.9 Å². The van der Waals surface area contributed by atoms with Crippen molar-refractivity contribution < 1.29 is 4.79 Å². The molecule has 0 atom stereocenters. The third-order valence-corrected chi connectivity index (χ3v) is 4.10. The van der Waals surface area contributed by atoms with Crippen molar-refractivity contribution >= 4 is 23.2 Å². The first-order chi connectivity index (χ1) is 12.5. The molecular formula is C20H14ClN3O2. The molecule has 0 aliphatic rings. The summed E-state index contributed by atoms with van der Waals surface area (Å²) in [6.07, 6.45) is 0. The second-order valence-electron chi connectivity index (χ2n) is 5.74. The Labute approximate surface area is 154 Å². The molecule has 3 rings (SSSR count). The number of aromatic amines is 1. The summed E-state index contributed by atoms with van der Waals surface area (Å²) >= 11 is 5.84. The minimum absolute atomic E-state index is 0.0419. The number of amides is 1. The van der Waals surface area contributed by atoms with Crippen LogP contribution in [0.2, 0.25) is 5.02 Å². The van der Waals surface area contributed by atoms with Crippen LogP contribution in [-0.4, -0.2) is 10.9 Å². The number of aromatic nitrogens is 1. The number of halogens is 1. The molecule has 128 valence electrons. The van der Waals surface area contributed by atoms with Gasteiger partial charge in [0.15, 0.2) is 0 Å². The van der Waals surface area contributed by atoms with Crippen LogP contribution in [0.5, 0.6) is 0 Å². The highest BCUT2D eigenvalue weighted by molar-refractivity contribution is 6.30. The second-order valence-corrected chi connectivity index (χ2v) is 6.17. The van der Waals surface area contributed by atoms with Gasteiger partial charge in [0, 0.05) is 10.7 Å². The molecular weight excluding hydrogens is 350 g/mol. The van der Waals surface area contributed by atoms with E-state index >= 15 is 0 Å². The zero-order valence-corrected chi connectivity index (χ0v) is 14.6. The summed E-state index contributed by atoms with van der Waals surface area (Å²) in [5, 5.41) is 12.1. The Morgan fingerprint density at radius 2 is 1.85 bits per heavy atom. The van der Waals surface area contributed by atoms with E-state index in [0.717, 1.165) is 11.1 Å². The van der Waals surface area contributed by atoms with Gasteiger partial charge in [-0.3, -0.25) is 9.59 Å². The van der Waals surface area contributed by atoms with E-state index in [-0.39, 0.29) is 11.1 Å². The van der Waals surface area contributed by atoms with Gasteiger partial charge in [0.2, 0.25) is 0 Å². The highest BCUT2D eigenvalue weighted by Gasteiger charge is 2.14. The first kappa shape index (κ1) is 17.5. The van der Waals surface area contributed by atoms with Crippen molar-refractivity contribution in [1.29, 1.82) is 5.26 Å². The number of carbonyl (C=O) groups is 1. The Morgan fingerprint density at radius 3 is 2.50 bits per heavy atom. The van der Waals surface area contributed by atoms with Crippen molar-refractivity contribution in [3.05, 3.63) is 86.7 Å². The second kappa shape index (κ2) is 7.26. The Morgan fingerprint density at radius 1 is 1.12 bits per heavy atom. The highest BCUT2D eigenvalue weighted by atomic mass is 35.5. The van der Waals surface area contributed by atoms with Gasteiger partial charge >= 0.3 is 0 Å². The first-order valence-electron chi connectivity index (χ1n) is 7.79. The minimum Gasteiger partial charge on any atom is -0.321 e. The van der Waals surface area contributed by atoms with Crippen molar-refractivity contribution in [3.63, 3.8) is 0 Å². The van der Waals surface area contributed by atoms with Gasteiger partial charge in [-0.1, -0.05) is 41.4 Å². The summed E-state index contributed by atoms with van der Waals surface area (Å²) in [6.45, 7) is 1.98. The van der Waals surface area contributed by atoms with Crippen LogP contribution in [0.15, 0.2) is 59.4 Å². The average molecular weight is 364 g/mol. The molecule has 1 aromatic heterocycles. The topological polar surface area (TPSA) is 85.8 Å². The molecule has 0 unspecified atom stereocenters. The van der Waals surface area contributed by atoms with E-state index in [2.05, 4.69) is 10.3 Å². The fourth-order valence-electron chi connectivity index (χ4n) is 2.46. The molecule has 3 aromatic rings. The van der Waals surface area contributed by atoms with Gasteiger partial charge in [-0.25, -0.2) is 0 Å². The zero-order chi connectivity index (χ0) is 18.7. The smallest absolute Gasteiger partial charge is 0.261 e. The van der Waals surface area contributed by atoms with Crippen LogP contribution in [0, 0.1) is 18.3 Å². The summed E-state index contributed by atoms with van der Waals surface area (Å²) in [5.41, 5.74) is 2.55. The monoisotopic (exact) mass is 363 g/mol. The number of benzene rings is 2. The number of nitrogens with zero attached hydrogens (tertiary/aromatic N) is 1. The number of H-pyrrole nitrogens is 1. The Kier molecular flexibility index (Phi) is 4.87. The minimum atomic E-state index is -0.597. The maximum atomic E-state index is 12.4. The summed E-state index contributed by atoms with van der Waals surface area (Å²) in [6, 6.07) is 17.3. The third-order valence-electron chi connectivity index (χ3n) is 3.87. The predicted octanol–water partition coefficient (Wildman–Crippen LogP) is 4.13. The summed E-state index contributed by atoms with van der Waals surface area (Å²) in [7, 11) is 0. The number of nitrogens with one attached hydrogen (secondary N) is 2. The molecule has 0 aliphatic carbocycles. The lowest BCUT2D eigenvalue weighted by molar-refractivity contribution is 0.102. The Balaban J connectivity index is 1.88. The van der Waals surface area contributed by atoms with Crippen LogP contribution >= 0.6 is 11.6 Å². The van der Waals surface area contributed by atoms with Crippen molar-refractivity contribution in [2.45, 2.75) is 6.92 Å². The molecule has 0 spiro atoms. The fraction of sp³-hybridized carbons (Fsp3) is 0.0500. The SMILES string of the molecule is Cc1ccc(-c2ccc(C(=O)Nc3ccc(Cl)cc3C#N)c(=O)[nH]2)cc1. The Bertz CT molecular complexity index is 1080. The van der Waals surface area contributed by atoms with Gasteiger partial charge in [-0.15, -0.1) is 0 Å². The Hall–Kier alpha value is -3.36.